The Bertz CT molecular complexity index is 1030. The van der Waals surface area contributed by atoms with Crippen molar-refractivity contribution in [3.8, 4) is 35.4 Å². The third kappa shape index (κ3) is 3.45. The highest BCUT2D eigenvalue weighted by atomic mass is 16.5. The van der Waals surface area contributed by atoms with Crippen LogP contribution in [0.15, 0.2) is 37.9 Å². The van der Waals surface area contributed by atoms with E-state index in [-0.39, 0.29) is 17.1 Å². The number of rotatable bonds is 6. The second kappa shape index (κ2) is 7.40. The van der Waals surface area contributed by atoms with E-state index in [0.717, 1.165) is 24.6 Å². The minimum Gasteiger partial charge on any atom is -0.507 e. The molecule has 134 valence electrons. The number of hydrogen-bond acceptors (Lipinski definition) is 5. The average Bonchev–Trinajstić information content (AvgIpc) is 3.05. The summed E-state index contributed by atoms with van der Waals surface area (Å²) in [5.74, 6) is 3.84. The molecule has 0 radical (unpaired) electrons. The van der Waals surface area contributed by atoms with Crippen molar-refractivity contribution in [2.24, 2.45) is 0 Å². The van der Waals surface area contributed by atoms with E-state index in [1.54, 1.807) is 19.1 Å². The second-order valence-electron chi connectivity index (χ2n) is 6.14. The van der Waals surface area contributed by atoms with Crippen LogP contribution in [0, 0.1) is 26.2 Å². The summed E-state index contributed by atoms with van der Waals surface area (Å²) < 4.78 is 16.8. The predicted molar refractivity (Wildman–Crippen MR) is 99.5 cm³/mol. The molecule has 5 nitrogen and oxygen atoms in total. The second-order valence-corrected chi connectivity index (χ2v) is 6.14. The molecule has 0 saturated heterocycles. The standard InChI is InChI=1S/C21H20O5/c1-4-5-6-7-10-24-16-9-8-15-11-18(25-17(15)12-16)20-13(2)19(22)14(3)21(23)26-20/h1,8-9,11-12,22H,5-7,10H2,2-3H3. The summed E-state index contributed by atoms with van der Waals surface area (Å²) in [6.07, 6.45) is 7.79. The number of benzene rings is 1. The highest BCUT2D eigenvalue weighted by molar-refractivity contribution is 5.83. The fourth-order valence-electron chi connectivity index (χ4n) is 2.70. The van der Waals surface area contributed by atoms with Gasteiger partial charge >= 0.3 is 5.63 Å². The van der Waals surface area contributed by atoms with Gasteiger partial charge in [0.1, 0.15) is 17.1 Å². The molecule has 0 bridgehead atoms. The smallest absolute Gasteiger partial charge is 0.343 e. The van der Waals surface area contributed by atoms with E-state index >= 15 is 0 Å². The fourth-order valence-corrected chi connectivity index (χ4v) is 2.70. The summed E-state index contributed by atoms with van der Waals surface area (Å²) >= 11 is 0. The maximum absolute atomic E-state index is 11.8. The van der Waals surface area contributed by atoms with Crippen LogP contribution < -0.4 is 10.4 Å². The molecule has 0 spiro atoms. The zero-order chi connectivity index (χ0) is 18.7. The molecule has 1 N–H and O–H groups in total. The van der Waals surface area contributed by atoms with Crippen LogP contribution in [0.1, 0.15) is 30.4 Å². The van der Waals surface area contributed by atoms with Gasteiger partial charge in [-0.25, -0.2) is 4.79 Å². The van der Waals surface area contributed by atoms with E-state index in [9.17, 15) is 9.90 Å². The molecule has 2 aromatic heterocycles. The lowest BCUT2D eigenvalue weighted by atomic mass is 10.1. The van der Waals surface area contributed by atoms with Gasteiger partial charge in [0.2, 0.25) is 0 Å². The number of fused-ring (bicyclic) bond motifs is 1. The number of hydrogen-bond donors (Lipinski definition) is 1. The molecule has 0 amide bonds. The van der Waals surface area contributed by atoms with Crippen molar-refractivity contribution in [3.05, 3.63) is 45.8 Å². The molecule has 0 fully saturated rings. The Kier molecular flexibility index (Phi) is 5.04. The van der Waals surface area contributed by atoms with E-state index in [0.29, 0.717) is 29.3 Å². The van der Waals surface area contributed by atoms with Gasteiger partial charge in [-0.15, -0.1) is 12.3 Å². The van der Waals surface area contributed by atoms with Crippen LogP contribution >= 0.6 is 0 Å². The lowest BCUT2D eigenvalue weighted by Crippen LogP contribution is -2.05. The third-order valence-corrected chi connectivity index (χ3v) is 4.25. The van der Waals surface area contributed by atoms with Crippen molar-refractivity contribution in [1.82, 2.24) is 0 Å². The van der Waals surface area contributed by atoms with Crippen LogP contribution in [0.3, 0.4) is 0 Å². The third-order valence-electron chi connectivity index (χ3n) is 4.25. The van der Waals surface area contributed by atoms with Crippen LogP contribution in [0.5, 0.6) is 11.5 Å². The van der Waals surface area contributed by atoms with Crippen LogP contribution in [0.2, 0.25) is 0 Å². The van der Waals surface area contributed by atoms with Crippen LogP contribution in [0.25, 0.3) is 22.5 Å². The summed E-state index contributed by atoms with van der Waals surface area (Å²) in [6, 6.07) is 7.30. The first-order valence-electron chi connectivity index (χ1n) is 8.44. The lowest BCUT2D eigenvalue weighted by molar-refractivity contribution is 0.307. The average molecular weight is 352 g/mol. The van der Waals surface area contributed by atoms with Gasteiger partial charge in [-0.05, 0) is 44.9 Å². The zero-order valence-electron chi connectivity index (χ0n) is 14.8. The molecule has 2 heterocycles. The van der Waals surface area contributed by atoms with Gasteiger partial charge in [-0.1, -0.05) is 0 Å². The number of furan rings is 1. The first kappa shape index (κ1) is 17.7. The molecule has 26 heavy (non-hydrogen) atoms. The van der Waals surface area contributed by atoms with E-state index < -0.39 is 5.63 Å². The largest absolute Gasteiger partial charge is 0.507 e. The Labute approximate surface area is 151 Å². The number of aromatic hydroxyl groups is 1. The fraction of sp³-hybridized carbons (Fsp3) is 0.286. The number of ether oxygens (including phenoxy) is 1. The van der Waals surface area contributed by atoms with Crippen molar-refractivity contribution in [3.63, 3.8) is 0 Å². The van der Waals surface area contributed by atoms with Crippen molar-refractivity contribution in [2.45, 2.75) is 33.1 Å². The molecule has 3 rings (SSSR count). The quantitative estimate of drug-likeness (QED) is 0.520. The highest BCUT2D eigenvalue weighted by Gasteiger charge is 2.18. The van der Waals surface area contributed by atoms with Gasteiger partial charge in [0.05, 0.1) is 12.2 Å². The van der Waals surface area contributed by atoms with Gasteiger partial charge in [0.25, 0.3) is 0 Å². The molecule has 0 atom stereocenters. The molecule has 3 aromatic rings. The van der Waals surface area contributed by atoms with E-state index in [1.807, 2.05) is 12.1 Å². The van der Waals surface area contributed by atoms with Crippen molar-refractivity contribution in [1.29, 1.82) is 0 Å². The van der Waals surface area contributed by atoms with Crippen molar-refractivity contribution >= 4 is 11.0 Å². The Hall–Kier alpha value is -3.13. The molecule has 1 aromatic carbocycles. The first-order chi connectivity index (χ1) is 12.5. The Morgan fingerprint density at radius 3 is 2.73 bits per heavy atom. The van der Waals surface area contributed by atoms with Crippen LogP contribution in [0.4, 0.5) is 0 Å². The van der Waals surface area contributed by atoms with E-state index in [2.05, 4.69) is 5.92 Å². The minimum atomic E-state index is -0.584. The Morgan fingerprint density at radius 1 is 1.15 bits per heavy atom. The highest BCUT2D eigenvalue weighted by Crippen LogP contribution is 2.34. The SMILES string of the molecule is C#CCCCCOc1ccc2cc(-c3oc(=O)c(C)c(O)c3C)oc2c1. The van der Waals surface area contributed by atoms with Crippen LogP contribution in [-0.2, 0) is 0 Å². The van der Waals surface area contributed by atoms with E-state index in [1.165, 1.54) is 6.92 Å². The number of terminal acetylenes is 1. The summed E-state index contributed by atoms with van der Waals surface area (Å²) in [5.41, 5.74) is 0.678. The summed E-state index contributed by atoms with van der Waals surface area (Å²) in [6.45, 7) is 3.78. The van der Waals surface area contributed by atoms with E-state index in [4.69, 9.17) is 20.0 Å². The lowest BCUT2D eigenvalue weighted by Gasteiger charge is -2.05. The van der Waals surface area contributed by atoms with Gasteiger partial charge in [-0.3, -0.25) is 0 Å². The predicted octanol–water partition coefficient (Wildman–Crippen LogP) is 4.56. The Morgan fingerprint density at radius 2 is 1.96 bits per heavy atom. The maximum Gasteiger partial charge on any atom is 0.343 e. The molecule has 0 saturated carbocycles. The minimum absolute atomic E-state index is 0.0762. The number of unbranched alkanes of at least 4 members (excludes halogenated alkanes) is 2. The zero-order valence-corrected chi connectivity index (χ0v) is 14.8. The van der Waals surface area contributed by atoms with Gasteiger partial charge in [-0.2, -0.15) is 0 Å². The topological polar surface area (TPSA) is 72.8 Å². The Balaban J connectivity index is 1.86. The molecule has 0 aliphatic carbocycles. The molecule has 0 unspecified atom stereocenters. The monoisotopic (exact) mass is 352 g/mol. The first-order valence-corrected chi connectivity index (χ1v) is 8.44. The molecule has 0 aliphatic heterocycles. The van der Waals surface area contributed by atoms with Crippen molar-refractivity contribution in [2.75, 3.05) is 6.61 Å². The molecular formula is C21H20O5. The molecule has 5 heteroatoms. The normalized spacial score (nSPS) is 10.8. The van der Waals surface area contributed by atoms with Crippen LogP contribution in [-0.4, -0.2) is 11.7 Å². The van der Waals surface area contributed by atoms with Gasteiger partial charge in [0.15, 0.2) is 11.5 Å². The molecular weight excluding hydrogens is 332 g/mol. The summed E-state index contributed by atoms with van der Waals surface area (Å²) in [5, 5.41) is 10.9. The summed E-state index contributed by atoms with van der Waals surface area (Å²) in [7, 11) is 0. The summed E-state index contributed by atoms with van der Waals surface area (Å²) in [4.78, 5) is 11.8. The molecule has 0 aliphatic rings. The van der Waals surface area contributed by atoms with Gasteiger partial charge < -0.3 is 18.7 Å². The maximum atomic E-state index is 11.8. The van der Waals surface area contributed by atoms with Gasteiger partial charge in [0, 0.05) is 23.4 Å². The van der Waals surface area contributed by atoms with Crippen molar-refractivity contribution < 1.29 is 18.7 Å².